The van der Waals surface area contributed by atoms with Crippen LogP contribution in [0.2, 0.25) is 0 Å². The number of aromatic nitrogens is 1. The van der Waals surface area contributed by atoms with Gasteiger partial charge >= 0.3 is 6.18 Å². The van der Waals surface area contributed by atoms with Gasteiger partial charge in [-0.05, 0) is 12.1 Å². The Morgan fingerprint density at radius 1 is 1.44 bits per heavy atom. The highest BCUT2D eigenvalue weighted by atomic mass is 19.4. The van der Waals surface area contributed by atoms with Crippen LogP contribution in [0.5, 0.6) is 0 Å². The Morgan fingerprint density at radius 2 is 2.11 bits per heavy atom. The molecule has 2 heterocycles. The highest BCUT2D eigenvalue weighted by Crippen LogP contribution is 2.32. The molecule has 0 spiro atoms. The largest absolute Gasteiger partial charge is 0.433 e. The van der Waals surface area contributed by atoms with Gasteiger partial charge in [-0.2, -0.15) is 18.4 Å². The van der Waals surface area contributed by atoms with Crippen LogP contribution in [-0.2, 0) is 6.18 Å². The van der Waals surface area contributed by atoms with Gasteiger partial charge in [0.05, 0.1) is 5.56 Å². The Bertz CT molecular complexity index is 489. The number of hydrogen-bond donors (Lipinski definition) is 1. The van der Waals surface area contributed by atoms with Gasteiger partial charge in [-0.15, -0.1) is 0 Å². The molecule has 0 amide bonds. The topological polar surface area (TPSA) is 60.2 Å². The highest BCUT2D eigenvalue weighted by Gasteiger charge is 2.35. The lowest BCUT2D eigenvalue weighted by Gasteiger charge is -2.39. The molecule has 4 nitrogen and oxygen atoms in total. The lowest BCUT2D eigenvalue weighted by Crippen LogP contribution is -2.49. The van der Waals surface area contributed by atoms with Crippen LogP contribution >= 0.6 is 0 Å². The van der Waals surface area contributed by atoms with Crippen molar-refractivity contribution in [2.24, 2.45) is 5.92 Å². The fourth-order valence-corrected chi connectivity index (χ4v) is 1.79. The van der Waals surface area contributed by atoms with Crippen molar-refractivity contribution < 1.29 is 18.3 Å². The molecule has 0 unspecified atom stereocenters. The summed E-state index contributed by atoms with van der Waals surface area (Å²) in [7, 11) is 0. The standard InChI is InChI=1S/C11H10F3N3O/c12-11(13,14)9-2-1-8(3-15)10(16-9)17-4-7(5-17)6-18/h1-2,7,18H,4-6H2. The second-order valence-corrected chi connectivity index (χ2v) is 4.13. The van der Waals surface area contributed by atoms with E-state index in [0.717, 1.165) is 12.1 Å². The van der Waals surface area contributed by atoms with Crippen LogP contribution in [-0.4, -0.2) is 29.8 Å². The molecule has 96 valence electrons. The number of rotatable bonds is 2. The van der Waals surface area contributed by atoms with Gasteiger partial charge in [0.25, 0.3) is 0 Å². The molecule has 0 radical (unpaired) electrons. The van der Waals surface area contributed by atoms with E-state index in [-0.39, 0.29) is 23.9 Å². The Labute approximate surface area is 101 Å². The van der Waals surface area contributed by atoms with Gasteiger partial charge in [0.15, 0.2) is 0 Å². The number of aliphatic hydroxyl groups is 1. The Hall–Kier alpha value is -1.81. The zero-order valence-corrected chi connectivity index (χ0v) is 9.28. The van der Waals surface area contributed by atoms with Crippen LogP contribution in [0.15, 0.2) is 12.1 Å². The number of alkyl halides is 3. The van der Waals surface area contributed by atoms with Gasteiger partial charge in [0, 0.05) is 25.6 Å². The summed E-state index contributed by atoms with van der Waals surface area (Å²) < 4.78 is 37.6. The van der Waals surface area contributed by atoms with Gasteiger partial charge < -0.3 is 10.0 Å². The summed E-state index contributed by atoms with van der Waals surface area (Å²) in [5.74, 6) is 0.0740. The second-order valence-electron chi connectivity index (χ2n) is 4.13. The summed E-state index contributed by atoms with van der Waals surface area (Å²) in [6.45, 7) is 0.816. The first kappa shape index (κ1) is 12.6. The summed E-state index contributed by atoms with van der Waals surface area (Å²) in [6.07, 6.45) is -4.52. The zero-order chi connectivity index (χ0) is 13.3. The predicted molar refractivity (Wildman–Crippen MR) is 56.7 cm³/mol. The average Bonchev–Trinajstić information content (AvgIpc) is 2.26. The number of nitriles is 1. The summed E-state index contributed by atoms with van der Waals surface area (Å²) in [4.78, 5) is 5.07. The lowest BCUT2D eigenvalue weighted by atomic mass is 10.0. The van der Waals surface area contributed by atoms with Gasteiger partial charge in [-0.3, -0.25) is 0 Å². The number of pyridine rings is 1. The molecule has 1 aliphatic heterocycles. The fourth-order valence-electron chi connectivity index (χ4n) is 1.79. The van der Waals surface area contributed by atoms with Crippen LogP contribution in [0.4, 0.5) is 19.0 Å². The summed E-state index contributed by atoms with van der Waals surface area (Å²) >= 11 is 0. The highest BCUT2D eigenvalue weighted by molar-refractivity contribution is 5.56. The minimum atomic E-state index is -4.52. The Balaban J connectivity index is 2.31. The van der Waals surface area contributed by atoms with Crippen molar-refractivity contribution in [2.45, 2.75) is 6.18 Å². The van der Waals surface area contributed by atoms with Gasteiger partial charge in [0.2, 0.25) is 0 Å². The molecule has 1 aromatic heterocycles. The maximum atomic E-state index is 12.5. The number of halogens is 3. The minimum absolute atomic E-state index is 0.0165. The third-order valence-corrected chi connectivity index (χ3v) is 2.80. The molecular weight excluding hydrogens is 247 g/mol. The number of anilines is 1. The van der Waals surface area contributed by atoms with Crippen molar-refractivity contribution >= 4 is 5.82 Å². The molecular formula is C11H10F3N3O. The molecule has 2 rings (SSSR count). The third kappa shape index (κ3) is 2.24. The van der Waals surface area contributed by atoms with E-state index in [1.807, 2.05) is 6.07 Å². The molecule has 0 aromatic carbocycles. The van der Waals surface area contributed by atoms with Crippen LogP contribution in [0, 0.1) is 17.2 Å². The van der Waals surface area contributed by atoms with E-state index in [1.165, 1.54) is 0 Å². The van der Waals surface area contributed by atoms with E-state index in [2.05, 4.69) is 4.98 Å². The van der Waals surface area contributed by atoms with E-state index in [9.17, 15) is 13.2 Å². The van der Waals surface area contributed by atoms with Crippen molar-refractivity contribution in [1.29, 1.82) is 5.26 Å². The van der Waals surface area contributed by atoms with Crippen LogP contribution in [0.3, 0.4) is 0 Å². The monoisotopic (exact) mass is 257 g/mol. The summed E-state index contributed by atoms with van der Waals surface area (Å²) in [6, 6.07) is 3.74. The normalized spacial score (nSPS) is 16.3. The van der Waals surface area contributed by atoms with E-state index in [1.54, 1.807) is 4.90 Å². The second kappa shape index (κ2) is 4.46. The van der Waals surface area contributed by atoms with Crippen molar-refractivity contribution in [3.63, 3.8) is 0 Å². The molecule has 1 saturated heterocycles. The van der Waals surface area contributed by atoms with Crippen molar-refractivity contribution in [3.05, 3.63) is 23.4 Å². The molecule has 1 aromatic rings. The van der Waals surface area contributed by atoms with E-state index >= 15 is 0 Å². The zero-order valence-electron chi connectivity index (χ0n) is 9.28. The molecule has 1 fully saturated rings. The first-order valence-electron chi connectivity index (χ1n) is 5.30. The summed E-state index contributed by atoms with van der Waals surface area (Å²) in [5, 5.41) is 17.7. The predicted octanol–water partition coefficient (Wildman–Crippen LogP) is 1.40. The van der Waals surface area contributed by atoms with E-state index in [4.69, 9.17) is 10.4 Å². The van der Waals surface area contributed by atoms with Gasteiger partial charge in [0.1, 0.15) is 17.6 Å². The quantitative estimate of drug-likeness (QED) is 0.870. The van der Waals surface area contributed by atoms with Crippen molar-refractivity contribution in [2.75, 3.05) is 24.6 Å². The maximum absolute atomic E-state index is 12.5. The number of hydrogen-bond acceptors (Lipinski definition) is 4. The molecule has 18 heavy (non-hydrogen) atoms. The van der Waals surface area contributed by atoms with Crippen molar-refractivity contribution in [1.82, 2.24) is 4.98 Å². The molecule has 1 aliphatic rings. The van der Waals surface area contributed by atoms with Gasteiger partial charge in [-0.25, -0.2) is 4.98 Å². The summed E-state index contributed by atoms with van der Waals surface area (Å²) in [5.41, 5.74) is -0.900. The Morgan fingerprint density at radius 3 is 2.61 bits per heavy atom. The first-order chi connectivity index (χ1) is 8.45. The molecule has 0 saturated carbocycles. The Kier molecular flexibility index (Phi) is 3.13. The van der Waals surface area contributed by atoms with Crippen LogP contribution in [0.25, 0.3) is 0 Å². The van der Waals surface area contributed by atoms with E-state index in [0.29, 0.717) is 13.1 Å². The van der Waals surface area contributed by atoms with Gasteiger partial charge in [-0.1, -0.05) is 0 Å². The van der Waals surface area contributed by atoms with Crippen molar-refractivity contribution in [3.8, 4) is 6.07 Å². The van der Waals surface area contributed by atoms with Crippen LogP contribution in [0.1, 0.15) is 11.3 Å². The maximum Gasteiger partial charge on any atom is 0.433 e. The van der Waals surface area contributed by atoms with Crippen LogP contribution < -0.4 is 4.90 Å². The molecule has 1 N–H and O–H groups in total. The number of aliphatic hydroxyl groups excluding tert-OH is 1. The SMILES string of the molecule is N#Cc1ccc(C(F)(F)F)nc1N1CC(CO)C1. The molecule has 7 heteroatoms. The lowest BCUT2D eigenvalue weighted by molar-refractivity contribution is -0.141. The molecule has 0 bridgehead atoms. The van der Waals surface area contributed by atoms with E-state index < -0.39 is 11.9 Å². The third-order valence-electron chi connectivity index (χ3n) is 2.80. The first-order valence-corrected chi connectivity index (χ1v) is 5.30. The molecule has 0 aliphatic carbocycles. The molecule has 0 atom stereocenters. The smallest absolute Gasteiger partial charge is 0.396 e. The minimum Gasteiger partial charge on any atom is -0.396 e. The number of nitrogens with zero attached hydrogens (tertiary/aromatic N) is 3. The average molecular weight is 257 g/mol. The fraction of sp³-hybridized carbons (Fsp3) is 0.455.